The zero-order chi connectivity index (χ0) is 10.3. The van der Waals surface area contributed by atoms with E-state index in [0.717, 1.165) is 25.7 Å². The maximum absolute atomic E-state index is 5.95. The van der Waals surface area contributed by atoms with Crippen molar-refractivity contribution >= 4 is 5.96 Å². The molecule has 2 unspecified atom stereocenters. The Kier molecular flexibility index (Phi) is 2.31. The molecule has 0 amide bonds. The number of guanidine groups is 1. The molecule has 2 fully saturated rings. The topological polar surface area (TPSA) is 50.9 Å². The van der Waals surface area contributed by atoms with Gasteiger partial charge < -0.3 is 15.4 Å². The van der Waals surface area contributed by atoms with Crippen molar-refractivity contribution in [2.45, 2.75) is 37.8 Å². The largest absolute Gasteiger partial charge is 0.381 e. The highest BCUT2D eigenvalue weighted by Crippen LogP contribution is 2.34. The normalized spacial score (nSPS) is 36.8. The van der Waals surface area contributed by atoms with Crippen LogP contribution in [0.3, 0.4) is 0 Å². The van der Waals surface area contributed by atoms with E-state index in [0.29, 0.717) is 18.0 Å². The summed E-state index contributed by atoms with van der Waals surface area (Å²) in [5.41, 5.74) is 5.95. The minimum absolute atomic E-state index is 0.526. The zero-order valence-corrected chi connectivity index (χ0v) is 9.06. The minimum Gasteiger partial charge on any atom is -0.381 e. The Hall–Kier alpha value is -0.770. The predicted molar refractivity (Wildman–Crippen MR) is 58.7 cm³/mol. The molecule has 1 saturated heterocycles. The van der Waals surface area contributed by atoms with Crippen molar-refractivity contribution in [3.05, 3.63) is 0 Å². The number of ether oxygens (including phenoxy) is 1. The number of rotatable bonds is 2. The third kappa shape index (κ3) is 1.71. The Bertz CT molecular complexity index is 269. The third-order valence-electron chi connectivity index (χ3n) is 3.74. The second-order valence-corrected chi connectivity index (χ2v) is 4.88. The Morgan fingerprint density at radius 2 is 2.20 bits per heavy atom. The summed E-state index contributed by atoms with van der Waals surface area (Å²) >= 11 is 0. The maximum Gasteiger partial charge on any atom is 0.191 e. The molecule has 84 valence electrons. The van der Waals surface area contributed by atoms with Crippen LogP contribution in [0.5, 0.6) is 0 Å². The Balaban J connectivity index is 1.69. The number of hydrogen-bond acceptors (Lipinski definition) is 4. The Labute approximate surface area is 90.5 Å². The van der Waals surface area contributed by atoms with E-state index in [1.807, 2.05) is 0 Å². The Morgan fingerprint density at radius 3 is 2.87 bits per heavy atom. The summed E-state index contributed by atoms with van der Waals surface area (Å²) in [5, 5.41) is 0. The molecule has 2 heterocycles. The predicted octanol–water partition coefficient (Wildman–Crippen LogP) is 0.574. The fourth-order valence-corrected chi connectivity index (χ4v) is 2.78. The molecule has 2 atom stereocenters. The van der Waals surface area contributed by atoms with E-state index in [1.165, 1.54) is 25.7 Å². The van der Waals surface area contributed by atoms with Gasteiger partial charge in [0.05, 0.1) is 19.2 Å². The van der Waals surface area contributed by atoms with Crippen molar-refractivity contribution in [3.8, 4) is 0 Å². The van der Waals surface area contributed by atoms with Gasteiger partial charge in [0.1, 0.15) is 0 Å². The van der Waals surface area contributed by atoms with E-state index >= 15 is 0 Å². The van der Waals surface area contributed by atoms with E-state index in [4.69, 9.17) is 10.5 Å². The SMILES string of the molecule is NC1=NCC(C2CCCOC2)N1C1CC1. The van der Waals surface area contributed by atoms with Crippen LogP contribution >= 0.6 is 0 Å². The van der Waals surface area contributed by atoms with Crippen molar-refractivity contribution in [1.82, 2.24) is 4.90 Å². The molecular formula is C11H19N3O. The average molecular weight is 209 g/mol. The number of aliphatic imine (C=N–C) groups is 1. The first-order chi connectivity index (χ1) is 7.36. The third-order valence-corrected chi connectivity index (χ3v) is 3.74. The molecule has 1 saturated carbocycles. The van der Waals surface area contributed by atoms with Crippen LogP contribution in [0.25, 0.3) is 0 Å². The summed E-state index contributed by atoms with van der Waals surface area (Å²) in [6, 6.07) is 1.21. The van der Waals surface area contributed by atoms with Gasteiger partial charge in [-0.25, -0.2) is 0 Å². The van der Waals surface area contributed by atoms with Crippen molar-refractivity contribution < 1.29 is 4.74 Å². The molecule has 0 bridgehead atoms. The molecule has 2 aliphatic heterocycles. The van der Waals surface area contributed by atoms with Gasteiger partial charge in [-0.05, 0) is 25.7 Å². The molecule has 3 aliphatic rings. The molecule has 1 aliphatic carbocycles. The smallest absolute Gasteiger partial charge is 0.191 e. The minimum atomic E-state index is 0.526. The van der Waals surface area contributed by atoms with Crippen LogP contribution in [-0.4, -0.2) is 42.7 Å². The van der Waals surface area contributed by atoms with Gasteiger partial charge in [-0.2, -0.15) is 0 Å². The van der Waals surface area contributed by atoms with Gasteiger partial charge in [0, 0.05) is 18.6 Å². The number of hydrogen-bond donors (Lipinski definition) is 1. The van der Waals surface area contributed by atoms with Crippen molar-refractivity contribution in [3.63, 3.8) is 0 Å². The second-order valence-electron chi connectivity index (χ2n) is 4.88. The molecule has 15 heavy (non-hydrogen) atoms. The van der Waals surface area contributed by atoms with Crippen LogP contribution in [0.4, 0.5) is 0 Å². The lowest BCUT2D eigenvalue weighted by atomic mass is 9.93. The van der Waals surface area contributed by atoms with Gasteiger partial charge in [0.2, 0.25) is 0 Å². The summed E-state index contributed by atoms with van der Waals surface area (Å²) in [4.78, 5) is 6.76. The fraction of sp³-hybridized carbons (Fsp3) is 0.909. The van der Waals surface area contributed by atoms with Gasteiger partial charge in [0.15, 0.2) is 5.96 Å². The van der Waals surface area contributed by atoms with Gasteiger partial charge in [-0.3, -0.25) is 4.99 Å². The van der Waals surface area contributed by atoms with E-state index in [1.54, 1.807) is 0 Å². The summed E-state index contributed by atoms with van der Waals surface area (Å²) in [5.74, 6) is 1.41. The molecule has 0 aromatic heterocycles. The molecule has 4 nitrogen and oxygen atoms in total. The first-order valence-electron chi connectivity index (χ1n) is 6.02. The Morgan fingerprint density at radius 1 is 1.33 bits per heavy atom. The van der Waals surface area contributed by atoms with E-state index in [2.05, 4.69) is 9.89 Å². The van der Waals surface area contributed by atoms with Crippen molar-refractivity contribution in [2.75, 3.05) is 19.8 Å². The highest BCUT2D eigenvalue weighted by Gasteiger charge is 2.41. The van der Waals surface area contributed by atoms with E-state index < -0.39 is 0 Å². The fourth-order valence-electron chi connectivity index (χ4n) is 2.78. The first kappa shape index (κ1) is 9.46. The van der Waals surface area contributed by atoms with Crippen LogP contribution < -0.4 is 5.73 Å². The molecule has 0 spiro atoms. The molecule has 0 radical (unpaired) electrons. The molecular weight excluding hydrogens is 190 g/mol. The molecule has 0 aromatic carbocycles. The second kappa shape index (κ2) is 3.67. The van der Waals surface area contributed by atoms with Gasteiger partial charge in [-0.1, -0.05) is 0 Å². The van der Waals surface area contributed by atoms with Crippen LogP contribution in [0.15, 0.2) is 4.99 Å². The zero-order valence-electron chi connectivity index (χ0n) is 9.06. The molecule has 3 rings (SSSR count). The average Bonchev–Trinajstić information content (AvgIpc) is 3.03. The first-order valence-corrected chi connectivity index (χ1v) is 6.02. The maximum atomic E-state index is 5.95. The summed E-state index contributed by atoms with van der Waals surface area (Å²) in [7, 11) is 0. The van der Waals surface area contributed by atoms with E-state index in [-0.39, 0.29) is 0 Å². The van der Waals surface area contributed by atoms with E-state index in [9.17, 15) is 0 Å². The molecule has 4 heteroatoms. The lowest BCUT2D eigenvalue weighted by Crippen LogP contribution is -2.47. The van der Waals surface area contributed by atoms with Crippen molar-refractivity contribution in [2.24, 2.45) is 16.6 Å². The lowest BCUT2D eigenvalue weighted by molar-refractivity contribution is 0.0275. The van der Waals surface area contributed by atoms with Crippen molar-refractivity contribution in [1.29, 1.82) is 0 Å². The van der Waals surface area contributed by atoms with Gasteiger partial charge in [-0.15, -0.1) is 0 Å². The van der Waals surface area contributed by atoms with Crippen LogP contribution in [0.1, 0.15) is 25.7 Å². The van der Waals surface area contributed by atoms with Crippen LogP contribution in [0, 0.1) is 5.92 Å². The van der Waals surface area contributed by atoms with Crippen LogP contribution in [-0.2, 0) is 4.74 Å². The highest BCUT2D eigenvalue weighted by molar-refractivity contribution is 5.80. The number of nitrogens with two attached hydrogens (primary N) is 1. The summed E-state index contributed by atoms with van der Waals surface area (Å²) < 4.78 is 5.56. The quantitative estimate of drug-likeness (QED) is 0.723. The summed E-state index contributed by atoms with van der Waals surface area (Å²) in [6.07, 6.45) is 5.05. The standard InChI is InChI=1S/C11H19N3O/c12-11-13-6-10(14(11)9-3-4-9)8-2-1-5-15-7-8/h8-10H,1-7H2,(H2,12,13). The lowest BCUT2D eigenvalue weighted by Gasteiger charge is -2.34. The van der Waals surface area contributed by atoms with Gasteiger partial charge in [0.25, 0.3) is 0 Å². The summed E-state index contributed by atoms with van der Waals surface area (Å²) in [6.45, 7) is 2.72. The van der Waals surface area contributed by atoms with Crippen LogP contribution in [0.2, 0.25) is 0 Å². The molecule has 0 aromatic rings. The monoisotopic (exact) mass is 209 g/mol. The molecule has 2 N–H and O–H groups in total. The number of nitrogens with zero attached hydrogens (tertiary/aromatic N) is 2. The highest BCUT2D eigenvalue weighted by atomic mass is 16.5. The van der Waals surface area contributed by atoms with Gasteiger partial charge >= 0.3 is 0 Å².